The van der Waals surface area contributed by atoms with Crippen molar-refractivity contribution in [2.24, 2.45) is 0 Å². The Morgan fingerprint density at radius 3 is 2.76 bits per heavy atom. The fourth-order valence-electron chi connectivity index (χ4n) is 2.69. The van der Waals surface area contributed by atoms with Crippen LogP contribution in [0.1, 0.15) is 25.3 Å². The maximum Gasteiger partial charge on any atom is 0.221 e. The minimum absolute atomic E-state index is 0.0727. The molecule has 1 aliphatic rings. The van der Waals surface area contributed by atoms with Crippen LogP contribution in [-0.2, 0) is 11.3 Å². The SMILES string of the molecule is CC(=O)Nc1ccccc1CNCC(O)CN1CCCC1. The molecule has 21 heavy (non-hydrogen) atoms. The van der Waals surface area contributed by atoms with E-state index in [0.29, 0.717) is 13.1 Å². The highest BCUT2D eigenvalue weighted by atomic mass is 16.3. The Balaban J connectivity index is 1.76. The molecule has 5 nitrogen and oxygen atoms in total. The van der Waals surface area contributed by atoms with E-state index in [1.54, 1.807) is 0 Å². The highest BCUT2D eigenvalue weighted by Crippen LogP contribution is 2.14. The van der Waals surface area contributed by atoms with Crippen molar-refractivity contribution in [3.63, 3.8) is 0 Å². The molecule has 0 aliphatic carbocycles. The average Bonchev–Trinajstić information content (AvgIpc) is 2.93. The van der Waals surface area contributed by atoms with Crippen molar-refractivity contribution in [1.82, 2.24) is 10.2 Å². The van der Waals surface area contributed by atoms with Crippen LogP contribution >= 0.6 is 0 Å². The summed E-state index contributed by atoms with van der Waals surface area (Å²) in [6.45, 7) is 5.63. The summed E-state index contributed by atoms with van der Waals surface area (Å²) in [4.78, 5) is 13.5. The molecule has 0 aromatic heterocycles. The molecule has 1 aliphatic heterocycles. The van der Waals surface area contributed by atoms with E-state index in [-0.39, 0.29) is 12.0 Å². The van der Waals surface area contributed by atoms with Crippen molar-refractivity contribution in [2.45, 2.75) is 32.4 Å². The molecule has 0 bridgehead atoms. The summed E-state index contributed by atoms with van der Waals surface area (Å²) in [7, 11) is 0. The minimum Gasteiger partial charge on any atom is -0.390 e. The molecule has 5 heteroatoms. The molecular formula is C16H25N3O2. The Hall–Kier alpha value is -1.43. The van der Waals surface area contributed by atoms with Gasteiger partial charge in [0.15, 0.2) is 0 Å². The lowest BCUT2D eigenvalue weighted by molar-refractivity contribution is -0.114. The summed E-state index contributed by atoms with van der Waals surface area (Å²) in [5.41, 5.74) is 1.85. The van der Waals surface area contributed by atoms with Crippen LogP contribution in [0.5, 0.6) is 0 Å². The molecule has 1 saturated heterocycles. The van der Waals surface area contributed by atoms with Crippen LogP contribution in [0.4, 0.5) is 5.69 Å². The van der Waals surface area contributed by atoms with Crippen LogP contribution in [0, 0.1) is 0 Å². The fourth-order valence-corrected chi connectivity index (χ4v) is 2.69. The zero-order valence-electron chi connectivity index (χ0n) is 12.6. The van der Waals surface area contributed by atoms with Gasteiger partial charge in [0.05, 0.1) is 6.10 Å². The summed E-state index contributed by atoms with van der Waals surface area (Å²) in [5.74, 6) is -0.0727. The molecule has 3 N–H and O–H groups in total. The summed E-state index contributed by atoms with van der Waals surface area (Å²) < 4.78 is 0. The van der Waals surface area contributed by atoms with Gasteiger partial charge in [-0.15, -0.1) is 0 Å². The lowest BCUT2D eigenvalue weighted by atomic mass is 10.1. The van der Waals surface area contributed by atoms with Crippen molar-refractivity contribution < 1.29 is 9.90 Å². The molecule has 1 aromatic rings. The van der Waals surface area contributed by atoms with Gasteiger partial charge < -0.3 is 20.6 Å². The van der Waals surface area contributed by atoms with Crippen molar-refractivity contribution in [2.75, 3.05) is 31.5 Å². The van der Waals surface area contributed by atoms with Gasteiger partial charge in [-0.05, 0) is 37.6 Å². The number of hydrogen-bond donors (Lipinski definition) is 3. The van der Waals surface area contributed by atoms with Gasteiger partial charge in [-0.2, -0.15) is 0 Å². The van der Waals surface area contributed by atoms with Crippen molar-refractivity contribution in [3.8, 4) is 0 Å². The van der Waals surface area contributed by atoms with E-state index in [9.17, 15) is 9.90 Å². The first kappa shape index (κ1) is 15.9. The molecule has 1 atom stereocenters. The van der Waals surface area contributed by atoms with Crippen molar-refractivity contribution in [1.29, 1.82) is 0 Å². The molecule has 0 radical (unpaired) electrons. The third-order valence-corrected chi connectivity index (χ3v) is 3.69. The number of rotatable bonds is 7. The van der Waals surface area contributed by atoms with E-state index in [1.807, 2.05) is 24.3 Å². The number of likely N-dealkylation sites (tertiary alicyclic amines) is 1. The summed E-state index contributed by atoms with van der Waals surface area (Å²) >= 11 is 0. The first-order chi connectivity index (χ1) is 10.1. The second kappa shape index (κ2) is 8.12. The third kappa shape index (κ3) is 5.46. The summed E-state index contributed by atoms with van der Waals surface area (Å²) in [6.07, 6.45) is 2.13. The average molecular weight is 291 g/mol. The van der Waals surface area contributed by atoms with Crippen LogP contribution in [0.2, 0.25) is 0 Å². The van der Waals surface area contributed by atoms with Gasteiger partial charge in [0.2, 0.25) is 5.91 Å². The standard InChI is InChI=1S/C16H25N3O2/c1-13(20)18-16-7-3-2-6-14(16)10-17-11-15(21)12-19-8-4-5-9-19/h2-3,6-7,15,17,21H,4-5,8-12H2,1H3,(H,18,20). The van der Waals surface area contributed by atoms with Crippen LogP contribution in [-0.4, -0.2) is 48.2 Å². The number of nitrogens with zero attached hydrogens (tertiary/aromatic N) is 1. The monoisotopic (exact) mass is 291 g/mol. The molecule has 0 spiro atoms. The number of aliphatic hydroxyl groups excluding tert-OH is 1. The summed E-state index contributed by atoms with van der Waals surface area (Å²) in [6, 6.07) is 7.71. The van der Waals surface area contributed by atoms with Gasteiger partial charge >= 0.3 is 0 Å². The van der Waals surface area contributed by atoms with E-state index in [2.05, 4.69) is 15.5 Å². The number of amides is 1. The Labute approximate surface area is 126 Å². The molecule has 1 fully saturated rings. The Bertz CT molecular complexity index is 459. The second-order valence-electron chi connectivity index (χ2n) is 5.63. The number of aliphatic hydroxyl groups is 1. The molecule has 116 valence electrons. The van der Waals surface area contributed by atoms with Gasteiger partial charge in [-0.3, -0.25) is 4.79 Å². The Morgan fingerprint density at radius 2 is 2.05 bits per heavy atom. The zero-order chi connectivity index (χ0) is 15.1. The highest BCUT2D eigenvalue weighted by Gasteiger charge is 2.15. The quantitative estimate of drug-likeness (QED) is 0.706. The van der Waals surface area contributed by atoms with E-state index < -0.39 is 0 Å². The van der Waals surface area contributed by atoms with Crippen LogP contribution < -0.4 is 10.6 Å². The van der Waals surface area contributed by atoms with E-state index in [1.165, 1.54) is 19.8 Å². The third-order valence-electron chi connectivity index (χ3n) is 3.69. The van der Waals surface area contributed by atoms with Gasteiger partial charge in [-0.25, -0.2) is 0 Å². The summed E-state index contributed by atoms with van der Waals surface area (Å²) in [5, 5.41) is 16.1. The normalized spacial score (nSPS) is 16.9. The van der Waals surface area contributed by atoms with Crippen molar-refractivity contribution in [3.05, 3.63) is 29.8 Å². The van der Waals surface area contributed by atoms with E-state index in [0.717, 1.165) is 30.9 Å². The number of nitrogens with one attached hydrogen (secondary N) is 2. The van der Waals surface area contributed by atoms with Gasteiger partial charge in [-0.1, -0.05) is 18.2 Å². The van der Waals surface area contributed by atoms with Crippen LogP contribution in [0.15, 0.2) is 24.3 Å². The highest BCUT2D eigenvalue weighted by molar-refractivity contribution is 5.89. The fraction of sp³-hybridized carbons (Fsp3) is 0.562. The first-order valence-corrected chi connectivity index (χ1v) is 7.62. The number of para-hydroxylation sites is 1. The number of β-amino-alcohol motifs (C(OH)–C–C–N with tert-alkyl or cyclic N) is 1. The number of hydrogen-bond acceptors (Lipinski definition) is 4. The number of carbonyl (C=O) groups is 1. The molecule has 1 unspecified atom stereocenters. The minimum atomic E-state index is -0.351. The maximum absolute atomic E-state index is 11.2. The molecule has 0 saturated carbocycles. The molecule has 1 amide bonds. The Morgan fingerprint density at radius 1 is 1.33 bits per heavy atom. The van der Waals surface area contributed by atoms with Crippen LogP contribution in [0.3, 0.4) is 0 Å². The first-order valence-electron chi connectivity index (χ1n) is 7.62. The predicted octanol–water partition coefficient (Wildman–Crippen LogP) is 1.19. The van der Waals surface area contributed by atoms with Gasteiger partial charge in [0.1, 0.15) is 0 Å². The molecule has 2 rings (SSSR count). The Kier molecular flexibility index (Phi) is 6.17. The molecular weight excluding hydrogens is 266 g/mol. The number of benzene rings is 1. The lowest BCUT2D eigenvalue weighted by Gasteiger charge is -2.20. The lowest BCUT2D eigenvalue weighted by Crippen LogP contribution is -2.36. The zero-order valence-corrected chi connectivity index (χ0v) is 12.6. The predicted molar refractivity (Wildman–Crippen MR) is 84.1 cm³/mol. The second-order valence-corrected chi connectivity index (χ2v) is 5.63. The topological polar surface area (TPSA) is 64.6 Å². The number of carbonyl (C=O) groups excluding carboxylic acids is 1. The molecule has 1 heterocycles. The van der Waals surface area contributed by atoms with E-state index >= 15 is 0 Å². The largest absolute Gasteiger partial charge is 0.390 e. The maximum atomic E-state index is 11.2. The number of anilines is 1. The van der Waals surface area contributed by atoms with E-state index in [4.69, 9.17) is 0 Å². The smallest absolute Gasteiger partial charge is 0.221 e. The molecule has 1 aromatic carbocycles. The van der Waals surface area contributed by atoms with Crippen LogP contribution in [0.25, 0.3) is 0 Å². The van der Waals surface area contributed by atoms with Crippen molar-refractivity contribution >= 4 is 11.6 Å². The van der Waals surface area contributed by atoms with Gasteiger partial charge in [0, 0.05) is 32.2 Å². The van der Waals surface area contributed by atoms with Gasteiger partial charge in [0.25, 0.3) is 0 Å².